The van der Waals surface area contributed by atoms with Gasteiger partial charge in [-0.2, -0.15) is 26.3 Å². The number of nitro benzene ring substituents is 2. The largest absolute Gasteiger partial charge is 0.418 e. The van der Waals surface area contributed by atoms with E-state index in [2.05, 4.69) is 5.16 Å². The summed E-state index contributed by atoms with van der Waals surface area (Å²) in [5.41, 5.74) is -6.97. The topological polar surface area (TPSA) is 122 Å². The molecule has 0 amide bonds. The summed E-state index contributed by atoms with van der Waals surface area (Å²) in [5.74, 6) is -0.781. The number of rotatable bonds is 4. The Morgan fingerprint density at radius 1 is 0.968 bits per heavy atom. The fourth-order valence-electron chi connectivity index (χ4n) is 2.65. The van der Waals surface area contributed by atoms with Gasteiger partial charge in [0.2, 0.25) is 0 Å². The first-order chi connectivity index (χ1) is 14.2. The highest BCUT2D eigenvalue weighted by molar-refractivity contribution is 6.10. The molecule has 1 N–H and O–H groups in total. The van der Waals surface area contributed by atoms with E-state index in [1.54, 1.807) is 0 Å². The second-order valence-corrected chi connectivity index (χ2v) is 5.93. The van der Waals surface area contributed by atoms with Gasteiger partial charge in [-0.05, 0) is 12.1 Å². The van der Waals surface area contributed by atoms with Crippen molar-refractivity contribution in [2.75, 3.05) is 11.9 Å². The molecule has 0 saturated carbocycles. The molecule has 0 fully saturated rings. The van der Waals surface area contributed by atoms with Crippen LogP contribution < -0.4 is 4.90 Å². The van der Waals surface area contributed by atoms with E-state index in [0.29, 0.717) is 17.0 Å². The molecule has 2 aromatic rings. The summed E-state index contributed by atoms with van der Waals surface area (Å²) in [4.78, 5) is 20.1. The maximum absolute atomic E-state index is 13.6. The van der Waals surface area contributed by atoms with E-state index < -0.39 is 56.2 Å². The van der Waals surface area contributed by atoms with Crippen LogP contribution in [0.4, 0.5) is 43.4 Å². The third kappa shape index (κ3) is 4.81. The highest BCUT2D eigenvalue weighted by Gasteiger charge is 2.42. The fourth-order valence-corrected chi connectivity index (χ4v) is 2.65. The van der Waals surface area contributed by atoms with Crippen molar-refractivity contribution in [3.05, 3.63) is 73.3 Å². The molecule has 0 atom stereocenters. The minimum atomic E-state index is -5.30. The van der Waals surface area contributed by atoms with Gasteiger partial charge in [0.15, 0.2) is 5.84 Å². The number of oxime groups is 1. The molecule has 0 heterocycles. The first-order valence-electron chi connectivity index (χ1n) is 7.86. The van der Waals surface area contributed by atoms with E-state index in [4.69, 9.17) is 0 Å². The molecule has 15 heteroatoms. The Balaban J connectivity index is 2.72. The average molecular weight is 452 g/mol. The Morgan fingerprint density at radius 3 is 1.90 bits per heavy atom. The van der Waals surface area contributed by atoms with Gasteiger partial charge in [0.05, 0.1) is 27.0 Å². The molecular weight excluding hydrogens is 442 g/mol. The van der Waals surface area contributed by atoms with Crippen LogP contribution in [0.25, 0.3) is 0 Å². The lowest BCUT2D eigenvalue weighted by molar-refractivity contribution is -0.394. The number of halogens is 6. The predicted molar refractivity (Wildman–Crippen MR) is 92.9 cm³/mol. The number of amidine groups is 1. The molecule has 0 aliphatic carbocycles. The van der Waals surface area contributed by atoms with Crippen LogP contribution in [0.1, 0.15) is 16.7 Å². The van der Waals surface area contributed by atoms with E-state index in [0.717, 1.165) is 19.2 Å². The van der Waals surface area contributed by atoms with Crippen LogP contribution in [-0.2, 0) is 12.4 Å². The van der Waals surface area contributed by atoms with E-state index in [1.807, 2.05) is 0 Å². The van der Waals surface area contributed by atoms with E-state index >= 15 is 0 Å². The van der Waals surface area contributed by atoms with Crippen LogP contribution in [0.15, 0.2) is 41.6 Å². The highest BCUT2D eigenvalue weighted by atomic mass is 19.4. The number of anilines is 1. The van der Waals surface area contributed by atoms with Crippen molar-refractivity contribution in [3.63, 3.8) is 0 Å². The van der Waals surface area contributed by atoms with Gasteiger partial charge >= 0.3 is 12.4 Å². The van der Waals surface area contributed by atoms with Gasteiger partial charge < -0.3 is 10.1 Å². The molecule has 0 radical (unpaired) electrons. The zero-order chi connectivity index (χ0) is 23.7. The lowest BCUT2D eigenvalue weighted by Gasteiger charge is -2.24. The van der Waals surface area contributed by atoms with Crippen LogP contribution in [0, 0.1) is 20.2 Å². The number of hydrogen-bond acceptors (Lipinski definition) is 6. The summed E-state index contributed by atoms with van der Waals surface area (Å²) in [6, 6.07) is 3.01. The molecule has 2 aromatic carbocycles. The van der Waals surface area contributed by atoms with Crippen LogP contribution in [0.2, 0.25) is 0 Å². The number of hydrogen-bond donors (Lipinski definition) is 1. The molecule has 31 heavy (non-hydrogen) atoms. The van der Waals surface area contributed by atoms with Crippen molar-refractivity contribution in [1.29, 1.82) is 0 Å². The minimum absolute atomic E-state index is 0.0561. The molecular formula is C16H10F6N4O5. The number of non-ortho nitro benzene ring substituents is 1. The van der Waals surface area contributed by atoms with Crippen molar-refractivity contribution >= 4 is 22.9 Å². The summed E-state index contributed by atoms with van der Waals surface area (Å²) in [6.45, 7) is 0. The van der Waals surface area contributed by atoms with Gasteiger partial charge in [-0.1, -0.05) is 17.3 Å². The third-order valence-electron chi connectivity index (χ3n) is 4.01. The van der Waals surface area contributed by atoms with Gasteiger partial charge in [0, 0.05) is 18.7 Å². The Bertz CT molecular complexity index is 1050. The van der Waals surface area contributed by atoms with Crippen molar-refractivity contribution in [3.8, 4) is 0 Å². The monoisotopic (exact) mass is 452 g/mol. The molecule has 166 valence electrons. The standard InChI is InChI=1S/C16H10F6N4O5/c1-24(14(23-27)8-2-4-9(5-3-8)15(17,18)19)13-11(16(20,21)22)6-10(25(28)29)7-12(13)26(30)31/h2-7,27H,1H3. The third-order valence-corrected chi connectivity index (χ3v) is 4.01. The van der Waals surface area contributed by atoms with Gasteiger partial charge in [0.25, 0.3) is 11.4 Å². The van der Waals surface area contributed by atoms with Crippen LogP contribution in [0.5, 0.6) is 0 Å². The molecule has 9 nitrogen and oxygen atoms in total. The SMILES string of the molecule is CN(C(=NO)c1ccc(C(F)(F)F)cc1)c1c([N+](=O)[O-])cc([N+](=O)[O-])cc1C(F)(F)F. The molecule has 0 saturated heterocycles. The zero-order valence-corrected chi connectivity index (χ0v) is 15.1. The normalized spacial score (nSPS) is 12.5. The molecule has 0 spiro atoms. The van der Waals surface area contributed by atoms with Crippen LogP contribution >= 0.6 is 0 Å². The Hall–Kier alpha value is -3.91. The quantitative estimate of drug-likeness (QED) is 0.177. The minimum Gasteiger partial charge on any atom is -0.409 e. The molecule has 0 aliphatic rings. The smallest absolute Gasteiger partial charge is 0.409 e. The van der Waals surface area contributed by atoms with Crippen molar-refractivity contribution < 1.29 is 41.4 Å². The van der Waals surface area contributed by atoms with E-state index in [1.165, 1.54) is 0 Å². The Kier molecular flexibility index (Phi) is 6.09. The lowest BCUT2D eigenvalue weighted by Crippen LogP contribution is -2.30. The highest BCUT2D eigenvalue weighted by Crippen LogP contribution is 2.44. The fraction of sp³-hybridized carbons (Fsp3) is 0.188. The van der Waals surface area contributed by atoms with Crippen molar-refractivity contribution in [1.82, 2.24) is 0 Å². The molecule has 0 bridgehead atoms. The van der Waals surface area contributed by atoms with Gasteiger partial charge in [-0.3, -0.25) is 20.2 Å². The summed E-state index contributed by atoms with van der Waals surface area (Å²) in [6.07, 6.45) is -10.0. The molecule has 0 aliphatic heterocycles. The van der Waals surface area contributed by atoms with Crippen LogP contribution in [0.3, 0.4) is 0 Å². The van der Waals surface area contributed by atoms with Gasteiger partial charge in [0.1, 0.15) is 5.69 Å². The molecule has 0 aromatic heterocycles. The summed E-state index contributed by atoms with van der Waals surface area (Å²) in [7, 11) is 0.816. The van der Waals surface area contributed by atoms with E-state index in [9.17, 15) is 51.8 Å². The lowest BCUT2D eigenvalue weighted by atomic mass is 10.1. The van der Waals surface area contributed by atoms with Crippen molar-refractivity contribution in [2.24, 2.45) is 5.16 Å². The first kappa shape index (κ1) is 23.4. The second-order valence-electron chi connectivity index (χ2n) is 5.93. The molecule has 0 unspecified atom stereocenters. The zero-order valence-electron chi connectivity index (χ0n) is 15.1. The number of nitro groups is 2. The number of benzene rings is 2. The second kappa shape index (κ2) is 8.08. The number of alkyl halides is 6. The Labute approximate surface area is 168 Å². The van der Waals surface area contributed by atoms with E-state index in [-0.39, 0.29) is 17.7 Å². The van der Waals surface area contributed by atoms with Crippen molar-refractivity contribution in [2.45, 2.75) is 12.4 Å². The first-order valence-corrected chi connectivity index (χ1v) is 7.86. The predicted octanol–water partition coefficient (Wildman–Crippen LogP) is 4.81. The summed E-state index contributed by atoms with van der Waals surface area (Å²) >= 11 is 0. The molecule has 2 rings (SSSR count). The Morgan fingerprint density at radius 2 is 1.52 bits per heavy atom. The maximum atomic E-state index is 13.6. The number of nitrogens with zero attached hydrogens (tertiary/aromatic N) is 4. The summed E-state index contributed by atoms with van der Waals surface area (Å²) in [5, 5.41) is 34.3. The average Bonchev–Trinajstić information content (AvgIpc) is 2.66. The summed E-state index contributed by atoms with van der Waals surface area (Å²) < 4.78 is 78.8. The van der Waals surface area contributed by atoms with Crippen LogP contribution in [-0.4, -0.2) is 27.9 Å². The maximum Gasteiger partial charge on any atom is 0.418 e. The van der Waals surface area contributed by atoms with Gasteiger partial charge in [-0.25, -0.2) is 0 Å². The van der Waals surface area contributed by atoms with Gasteiger partial charge in [-0.15, -0.1) is 0 Å².